The number of aromatic nitrogens is 1. The van der Waals surface area contributed by atoms with Gasteiger partial charge in [0.15, 0.2) is 5.82 Å². The van der Waals surface area contributed by atoms with Crippen LogP contribution >= 0.6 is 23.5 Å². The molecule has 1 aromatic heterocycles. The third kappa shape index (κ3) is 12.3. The average molecular weight is 628 g/mol. The molecule has 2 rings (SSSR count). The molecule has 0 bridgehead atoms. The fraction of sp³-hybridized carbons (Fsp3) is 0.389. The van der Waals surface area contributed by atoms with E-state index in [1.807, 2.05) is 39.1 Å². The summed E-state index contributed by atoms with van der Waals surface area (Å²) in [6, 6.07) is 4.45. The highest BCUT2D eigenvalue weighted by atomic mass is 35.5. The molecule has 2 aromatic rings. The van der Waals surface area contributed by atoms with Gasteiger partial charge < -0.3 is 4.72 Å². The number of nitrogens with one attached hydrogen (secondary N) is 1. The standard InChI is InChI=1S/C33H42ClF2N3S.C3H6/c1-8-12-13-19-37-23(6)28(14-9-2)27(22(5)10-3)16-15-25(11-4)32-29(35)17-18-30(33(32)36)39-40-31-20-26(34)21-38-24(31)7;1-3-2/h11,13,15-22,39H,8-10,12,14H2,1-7H3;3H,1H2,2H3/b16-15-,19-13-,25-11+,28-27+,37-23-;. The van der Waals surface area contributed by atoms with E-state index >= 15 is 8.78 Å². The van der Waals surface area contributed by atoms with Gasteiger partial charge in [0.25, 0.3) is 0 Å². The van der Waals surface area contributed by atoms with Gasteiger partial charge in [-0.05, 0) is 99.7 Å². The number of aryl methyl sites for hydroxylation is 1. The van der Waals surface area contributed by atoms with Crippen molar-refractivity contribution >= 4 is 40.5 Å². The van der Waals surface area contributed by atoms with Crippen LogP contribution in [0.2, 0.25) is 5.02 Å². The van der Waals surface area contributed by atoms with Gasteiger partial charge in [-0.3, -0.25) is 9.98 Å². The Labute approximate surface area is 268 Å². The number of allylic oxidation sites excluding steroid dienone is 8. The number of pyridine rings is 1. The Bertz CT molecular complexity index is 1340. The Balaban J connectivity index is 0.00000295. The minimum Gasteiger partial charge on any atom is -0.323 e. The van der Waals surface area contributed by atoms with E-state index in [0.717, 1.165) is 54.0 Å². The minimum atomic E-state index is -0.653. The van der Waals surface area contributed by atoms with Crippen LogP contribution < -0.4 is 4.72 Å². The zero-order valence-corrected chi connectivity index (χ0v) is 28.6. The summed E-state index contributed by atoms with van der Waals surface area (Å²) >= 11 is 7.26. The lowest BCUT2D eigenvalue weighted by atomic mass is 9.88. The van der Waals surface area contributed by atoms with E-state index in [1.54, 1.807) is 31.3 Å². The van der Waals surface area contributed by atoms with Crippen molar-refractivity contribution in [1.82, 2.24) is 4.98 Å². The molecular formula is C36H48ClF2N3S. The maximum Gasteiger partial charge on any atom is 0.157 e. The first kappa shape index (κ1) is 38.1. The molecule has 0 radical (unpaired) electrons. The number of anilines is 1. The number of rotatable bonds is 14. The van der Waals surface area contributed by atoms with E-state index < -0.39 is 11.6 Å². The Morgan fingerprint density at radius 2 is 1.86 bits per heavy atom. The lowest BCUT2D eigenvalue weighted by molar-refractivity contribution is 0.580. The molecule has 0 amide bonds. The highest BCUT2D eigenvalue weighted by molar-refractivity contribution is 8.00. The predicted molar refractivity (Wildman–Crippen MR) is 187 cm³/mol. The molecule has 0 aliphatic rings. The largest absolute Gasteiger partial charge is 0.323 e. The number of hydrogen-bond acceptors (Lipinski definition) is 4. The van der Waals surface area contributed by atoms with Gasteiger partial charge in [0, 0.05) is 18.1 Å². The molecule has 0 aliphatic carbocycles. The fourth-order valence-electron chi connectivity index (χ4n) is 4.15. The second kappa shape index (κ2) is 20.9. The molecule has 1 aromatic carbocycles. The Morgan fingerprint density at radius 3 is 2.47 bits per heavy atom. The SMILES string of the molecule is C=CC.C\C=C(/C=C\C(=C(CCC)/C(C)=N\C=C/CCC)C(C)CC)c1c(F)ccc(NSc2cc(Cl)cnc2C)c1F. The molecule has 1 atom stereocenters. The summed E-state index contributed by atoms with van der Waals surface area (Å²) in [5.74, 6) is -1.01. The van der Waals surface area contributed by atoms with Crippen molar-refractivity contribution in [2.75, 3.05) is 4.72 Å². The average Bonchev–Trinajstić information content (AvgIpc) is 2.99. The molecule has 0 aliphatic heterocycles. The molecule has 0 spiro atoms. The first-order chi connectivity index (χ1) is 20.6. The summed E-state index contributed by atoms with van der Waals surface area (Å²) in [4.78, 5) is 9.70. The smallest absolute Gasteiger partial charge is 0.157 e. The van der Waals surface area contributed by atoms with Crippen LogP contribution in [0.1, 0.15) is 91.8 Å². The summed E-state index contributed by atoms with van der Waals surface area (Å²) in [6.07, 6.45) is 17.7. The molecular weight excluding hydrogens is 580 g/mol. The van der Waals surface area contributed by atoms with E-state index in [9.17, 15) is 0 Å². The number of aliphatic imine (C=N–C) groups is 1. The van der Waals surface area contributed by atoms with E-state index in [0.29, 0.717) is 10.6 Å². The van der Waals surface area contributed by atoms with Crippen molar-refractivity contribution in [3.05, 3.63) is 107 Å². The first-order valence-electron chi connectivity index (χ1n) is 15.0. The molecule has 43 heavy (non-hydrogen) atoms. The lowest BCUT2D eigenvalue weighted by Crippen LogP contribution is -2.07. The lowest BCUT2D eigenvalue weighted by Gasteiger charge is -2.18. The summed E-state index contributed by atoms with van der Waals surface area (Å²) in [5, 5.41) is 0.487. The van der Waals surface area contributed by atoms with E-state index in [2.05, 4.69) is 50.1 Å². The van der Waals surface area contributed by atoms with Crippen molar-refractivity contribution in [2.24, 2.45) is 10.9 Å². The quantitative estimate of drug-likeness (QED) is 0.0979. The van der Waals surface area contributed by atoms with Crippen molar-refractivity contribution in [3.63, 3.8) is 0 Å². The van der Waals surface area contributed by atoms with Gasteiger partial charge in [0.05, 0.1) is 26.9 Å². The topological polar surface area (TPSA) is 37.3 Å². The number of nitrogens with zero attached hydrogens (tertiary/aromatic N) is 2. The zero-order valence-electron chi connectivity index (χ0n) is 27.0. The van der Waals surface area contributed by atoms with Crippen molar-refractivity contribution in [2.45, 2.75) is 92.4 Å². The highest BCUT2D eigenvalue weighted by Crippen LogP contribution is 2.33. The van der Waals surface area contributed by atoms with E-state index in [1.165, 1.54) is 29.7 Å². The molecule has 0 saturated heterocycles. The van der Waals surface area contributed by atoms with Crippen LogP contribution in [0.3, 0.4) is 0 Å². The third-order valence-electron chi connectivity index (χ3n) is 6.67. The second-order valence-corrected chi connectivity index (χ2v) is 11.4. The van der Waals surface area contributed by atoms with Gasteiger partial charge in [-0.15, -0.1) is 6.58 Å². The van der Waals surface area contributed by atoms with Gasteiger partial charge >= 0.3 is 0 Å². The van der Waals surface area contributed by atoms with E-state index in [-0.39, 0.29) is 17.2 Å². The summed E-state index contributed by atoms with van der Waals surface area (Å²) in [5.41, 5.74) is 4.64. The van der Waals surface area contributed by atoms with Crippen LogP contribution in [-0.2, 0) is 0 Å². The molecule has 0 saturated carbocycles. The van der Waals surface area contributed by atoms with E-state index in [4.69, 9.17) is 16.6 Å². The summed E-state index contributed by atoms with van der Waals surface area (Å²) in [6.45, 7) is 19.5. The van der Waals surface area contributed by atoms with Crippen LogP contribution in [0.5, 0.6) is 0 Å². The number of benzene rings is 1. The second-order valence-electron chi connectivity index (χ2n) is 10.1. The fourth-order valence-corrected chi connectivity index (χ4v) is 5.14. The predicted octanol–water partition coefficient (Wildman–Crippen LogP) is 12.5. The molecule has 0 fully saturated rings. The zero-order chi connectivity index (χ0) is 32.4. The normalized spacial score (nSPS) is 13.6. The third-order valence-corrected chi connectivity index (χ3v) is 7.83. The van der Waals surface area contributed by atoms with Crippen LogP contribution in [0.15, 0.2) is 88.6 Å². The minimum absolute atomic E-state index is 0.0706. The van der Waals surface area contributed by atoms with Crippen molar-refractivity contribution < 1.29 is 8.78 Å². The monoisotopic (exact) mass is 627 g/mol. The summed E-state index contributed by atoms with van der Waals surface area (Å²) in [7, 11) is 0. The van der Waals surface area contributed by atoms with Gasteiger partial charge in [-0.2, -0.15) is 0 Å². The van der Waals surface area contributed by atoms with Crippen molar-refractivity contribution in [1.29, 1.82) is 0 Å². The van der Waals surface area contributed by atoms with Gasteiger partial charge in [0.1, 0.15) is 5.82 Å². The van der Waals surface area contributed by atoms with Crippen LogP contribution in [0.25, 0.3) is 5.57 Å². The molecule has 7 heteroatoms. The first-order valence-corrected chi connectivity index (χ1v) is 16.2. The molecule has 1 unspecified atom stereocenters. The van der Waals surface area contributed by atoms with Crippen LogP contribution in [0, 0.1) is 24.5 Å². The maximum absolute atomic E-state index is 15.7. The summed E-state index contributed by atoms with van der Waals surface area (Å²) < 4.78 is 33.8. The van der Waals surface area contributed by atoms with Crippen molar-refractivity contribution in [3.8, 4) is 0 Å². The Morgan fingerprint density at radius 1 is 1.16 bits per heavy atom. The number of unbranched alkanes of at least 4 members (excludes halogenated alkanes) is 1. The highest BCUT2D eigenvalue weighted by Gasteiger charge is 2.18. The molecule has 3 nitrogen and oxygen atoms in total. The van der Waals surface area contributed by atoms with Crippen LogP contribution in [-0.4, -0.2) is 10.7 Å². The Kier molecular flexibility index (Phi) is 18.5. The molecule has 1 N–H and O–H groups in total. The van der Waals surface area contributed by atoms with Gasteiger partial charge in [-0.1, -0.05) is 82.5 Å². The molecule has 1 heterocycles. The Hall–Kier alpha value is -2.96. The van der Waals surface area contributed by atoms with Gasteiger partial charge in [0.2, 0.25) is 0 Å². The number of hydrogen-bond donors (Lipinski definition) is 1. The number of halogens is 3. The van der Waals surface area contributed by atoms with Gasteiger partial charge in [-0.25, -0.2) is 8.78 Å². The maximum atomic E-state index is 15.7. The van der Waals surface area contributed by atoms with Crippen LogP contribution in [0.4, 0.5) is 14.5 Å². The molecule has 234 valence electrons.